The molecule has 16 heavy (non-hydrogen) atoms. The van der Waals surface area contributed by atoms with Crippen LogP contribution in [0, 0.1) is 0 Å². The molecule has 0 fully saturated rings. The zero-order valence-corrected chi connectivity index (χ0v) is 10.9. The number of hydrogen-bond acceptors (Lipinski definition) is 6. The van der Waals surface area contributed by atoms with Gasteiger partial charge in [0.2, 0.25) is 5.89 Å². The Morgan fingerprint density at radius 1 is 1.25 bits per heavy atom. The highest BCUT2D eigenvalue weighted by Crippen LogP contribution is 2.28. The van der Waals surface area contributed by atoms with Crippen LogP contribution in [0.5, 0.6) is 0 Å². The first-order valence-electron chi connectivity index (χ1n) is 4.79. The summed E-state index contributed by atoms with van der Waals surface area (Å²) in [4.78, 5) is 4.04. The standard InChI is InChI=1S/C9H17N3O3S/c1-8(2,10)6-11-7(15-12-6)9(3,4)16(5,13)14/h10H2,1-5H3. The highest BCUT2D eigenvalue weighted by atomic mass is 32.2. The molecule has 92 valence electrons. The van der Waals surface area contributed by atoms with Crippen LogP contribution >= 0.6 is 0 Å². The van der Waals surface area contributed by atoms with Crippen molar-refractivity contribution in [3.8, 4) is 0 Å². The predicted octanol–water partition coefficient (Wildman–Crippen LogP) is 0.543. The quantitative estimate of drug-likeness (QED) is 0.837. The van der Waals surface area contributed by atoms with Gasteiger partial charge >= 0.3 is 0 Å². The van der Waals surface area contributed by atoms with Crippen molar-refractivity contribution < 1.29 is 12.9 Å². The molecular weight excluding hydrogens is 230 g/mol. The summed E-state index contributed by atoms with van der Waals surface area (Å²) in [5, 5.41) is 3.69. The van der Waals surface area contributed by atoms with Crippen LogP contribution in [0.2, 0.25) is 0 Å². The first kappa shape index (κ1) is 13.1. The lowest BCUT2D eigenvalue weighted by Crippen LogP contribution is -2.31. The maximum atomic E-state index is 11.6. The number of nitrogens with zero attached hydrogens (tertiary/aromatic N) is 2. The monoisotopic (exact) mass is 247 g/mol. The summed E-state index contributed by atoms with van der Waals surface area (Å²) in [6.45, 7) is 6.47. The molecular formula is C9H17N3O3S. The molecule has 0 saturated heterocycles. The summed E-state index contributed by atoms with van der Waals surface area (Å²) in [5.74, 6) is 0.350. The van der Waals surface area contributed by atoms with Gasteiger partial charge in [0.25, 0.3) is 0 Å². The summed E-state index contributed by atoms with van der Waals surface area (Å²) in [5.41, 5.74) is 5.03. The van der Waals surface area contributed by atoms with Crippen LogP contribution in [0.3, 0.4) is 0 Å². The lowest BCUT2D eigenvalue weighted by Gasteiger charge is -2.17. The Kier molecular flexibility index (Phi) is 2.89. The molecule has 1 aromatic heterocycles. The third-order valence-corrected chi connectivity index (χ3v) is 4.47. The molecule has 0 amide bonds. The Labute approximate surface area is 95.1 Å². The minimum absolute atomic E-state index is 0.0588. The second kappa shape index (κ2) is 3.53. The zero-order chi connectivity index (χ0) is 12.8. The van der Waals surface area contributed by atoms with E-state index in [1.165, 1.54) is 13.8 Å². The third kappa shape index (κ3) is 2.25. The lowest BCUT2D eigenvalue weighted by atomic mass is 10.1. The first-order valence-corrected chi connectivity index (χ1v) is 6.68. The second-order valence-corrected chi connectivity index (χ2v) is 7.49. The zero-order valence-electron chi connectivity index (χ0n) is 10.1. The van der Waals surface area contributed by atoms with Gasteiger partial charge in [-0.3, -0.25) is 0 Å². The van der Waals surface area contributed by atoms with Gasteiger partial charge in [-0.25, -0.2) is 8.42 Å². The molecule has 0 aliphatic rings. The molecule has 0 bridgehead atoms. The van der Waals surface area contributed by atoms with Gasteiger partial charge in [0, 0.05) is 6.26 Å². The van der Waals surface area contributed by atoms with Gasteiger partial charge in [0.05, 0.1) is 5.54 Å². The van der Waals surface area contributed by atoms with Crippen molar-refractivity contribution >= 4 is 9.84 Å². The van der Waals surface area contributed by atoms with E-state index in [0.717, 1.165) is 6.26 Å². The van der Waals surface area contributed by atoms with Gasteiger partial charge in [-0.2, -0.15) is 4.98 Å². The van der Waals surface area contributed by atoms with Gasteiger partial charge in [0.1, 0.15) is 4.75 Å². The maximum Gasteiger partial charge on any atom is 0.247 e. The summed E-state index contributed by atoms with van der Waals surface area (Å²) in [6, 6.07) is 0. The van der Waals surface area contributed by atoms with Crippen molar-refractivity contribution in [1.29, 1.82) is 0 Å². The van der Waals surface area contributed by atoms with E-state index in [4.69, 9.17) is 10.3 Å². The minimum Gasteiger partial charge on any atom is -0.338 e. The van der Waals surface area contributed by atoms with Gasteiger partial charge < -0.3 is 10.3 Å². The highest BCUT2D eigenvalue weighted by Gasteiger charge is 2.39. The molecule has 0 aliphatic heterocycles. The fourth-order valence-corrected chi connectivity index (χ4v) is 1.29. The maximum absolute atomic E-state index is 11.6. The Balaban J connectivity index is 3.23. The van der Waals surface area contributed by atoms with E-state index in [2.05, 4.69) is 10.1 Å². The van der Waals surface area contributed by atoms with E-state index >= 15 is 0 Å². The molecule has 0 spiro atoms. The molecule has 0 atom stereocenters. The predicted molar refractivity (Wildman–Crippen MR) is 59.4 cm³/mol. The minimum atomic E-state index is -3.32. The van der Waals surface area contributed by atoms with Crippen molar-refractivity contribution in [3.05, 3.63) is 11.7 Å². The molecule has 0 aromatic carbocycles. The van der Waals surface area contributed by atoms with Crippen molar-refractivity contribution in [3.63, 3.8) is 0 Å². The topological polar surface area (TPSA) is 99.1 Å². The van der Waals surface area contributed by atoms with E-state index in [0.29, 0.717) is 5.82 Å². The number of aromatic nitrogens is 2. The Bertz CT molecular complexity index is 482. The van der Waals surface area contributed by atoms with Crippen LogP contribution < -0.4 is 5.73 Å². The highest BCUT2D eigenvalue weighted by molar-refractivity contribution is 7.91. The smallest absolute Gasteiger partial charge is 0.247 e. The molecule has 2 N–H and O–H groups in total. The molecule has 6 nitrogen and oxygen atoms in total. The van der Waals surface area contributed by atoms with E-state index < -0.39 is 20.1 Å². The van der Waals surface area contributed by atoms with Gasteiger partial charge in [0.15, 0.2) is 15.7 Å². The molecule has 0 radical (unpaired) electrons. The number of rotatable bonds is 3. The summed E-state index contributed by atoms with van der Waals surface area (Å²) in [6.07, 6.45) is 1.13. The van der Waals surface area contributed by atoms with E-state index in [1.54, 1.807) is 13.8 Å². The molecule has 1 rings (SSSR count). The molecule has 0 saturated carbocycles. The van der Waals surface area contributed by atoms with E-state index in [1.807, 2.05) is 0 Å². The average Bonchev–Trinajstić information content (AvgIpc) is 2.47. The van der Waals surface area contributed by atoms with Gasteiger partial charge in [-0.1, -0.05) is 5.16 Å². The van der Waals surface area contributed by atoms with E-state index in [-0.39, 0.29) is 5.89 Å². The van der Waals surface area contributed by atoms with Crippen LogP contribution in [0.1, 0.15) is 39.4 Å². The van der Waals surface area contributed by atoms with Crippen molar-refractivity contribution in [2.24, 2.45) is 5.73 Å². The van der Waals surface area contributed by atoms with Crippen LogP contribution in [-0.2, 0) is 20.1 Å². The molecule has 1 heterocycles. The average molecular weight is 247 g/mol. The molecule has 7 heteroatoms. The Morgan fingerprint density at radius 3 is 2.06 bits per heavy atom. The fraction of sp³-hybridized carbons (Fsp3) is 0.778. The van der Waals surface area contributed by atoms with Crippen molar-refractivity contribution in [2.75, 3.05) is 6.26 Å². The van der Waals surface area contributed by atoms with Crippen LogP contribution in [-0.4, -0.2) is 24.8 Å². The Hall–Kier alpha value is -0.950. The third-order valence-electron chi connectivity index (χ3n) is 2.44. The number of hydrogen-bond donors (Lipinski definition) is 1. The van der Waals surface area contributed by atoms with E-state index in [9.17, 15) is 8.42 Å². The van der Waals surface area contributed by atoms with Gasteiger partial charge in [-0.15, -0.1) is 0 Å². The first-order chi connectivity index (χ1) is 6.96. The van der Waals surface area contributed by atoms with Crippen LogP contribution in [0.15, 0.2) is 4.52 Å². The SMILES string of the molecule is CC(C)(N)c1noc(C(C)(C)S(C)(=O)=O)n1. The van der Waals surface area contributed by atoms with Gasteiger partial charge in [-0.05, 0) is 27.7 Å². The molecule has 1 aromatic rings. The number of sulfone groups is 1. The van der Waals surface area contributed by atoms with Crippen LogP contribution in [0.4, 0.5) is 0 Å². The Morgan fingerprint density at radius 2 is 1.75 bits per heavy atom. The van der Waals surface area contributed by atoms with Crippen molar-refractivity contribution in [2.45, 2.75) is 38.0 Å². The summed E-state index contributed by atoms with van der Waals surface area (Å²) >= 11 is 0. The largest absolute Gasteiger partial charge is 0.338 e. The molecule has 0 unspecified atom stereocenters. The fourth-order valence-electron chi connectivity index (χ4n) is 0.888. The molecule has 0 aliphatic carbocycles. The summed E-state index contributed by atoms with van der Waals surface area (Å²) < 4.78 is 26.9. The van der Waals surface area contributed by atoms with Crippen LogP contribution in [0.25, 0.3) is 0 Å². The van der Waals surface area contributed by atoms with Crippen molar-refractivity contribution in [1.82, 2.24) is 10.1 Å². The number of nitrogens with two attached hydrogens (primary N) is 1. The summed E-state index contributed by atoms with van der Waals surface area (Å²) in [7, 11) is -3.32. The lowest BCUT2D eigenvalue weighted by molar-refractivity contribution is 0.336. The second-order valence-electron chi connectivity index (χ2n) is 4.93. The normalized spacial score (nSPS) is 14.1.